The van der Waals surface area contributed by atoms with Crippen LogP contribution in [0.4, 0.5) is 5.69 Å². The van der Waals surface area contributed by atoms with Gasteiger partial charge in [0.1, 0.15) is 0 Å². The van der Waals surface area contributed by atoms with Gasteiger partial charge in [0.25, 0.3) is 0 Å². The Morgan fingerprint density at radius 3 is 2.00 bits per heavy atom. The number of benzene rings is 4. The molecule has 0 heterocycles. The van der Waals surface area contributed by atoms with E-state index in [-0.39, 0.29) is 0 Å². The normalized spacial score (nSPS) is 11.7. The molecule has 2 nitrogen and oxygen atoms in total. The third-order valence-corrected chi connectivity index (χ3v) is 4.67. The summed E-state index contributed by atoms with van der Waals surface area (Å²) in [6.45, 7) is 12.5. The van der Waals surface area contributed by atoms with Crippen LogP contribution in [-0.4, -0.2) is 0 Å². The second-order valence-corrected chi connectivity index (χ2v) is 6.05. The summed E-state index contributed by atoms with van der Waals surface area (Å²) in [6.07, 6.45) is 0. The molecule has 0 atom stereocenters. The number of rotatable bonds is 1. The molecule has 2 heteroatoms. The quantitative estimate of drug-likeness (QED) is 0.389. The SMILES string of the molecule is C=c1cc(C)c2cc(N=N)c3c(C)cc(=C)c4ccc1c2c34. The molecule has 4 rings (SSSR count). The van der Waals surface area contributed by atoms with E-state index < -0.39 is 0 Å². The molecule has 22 heavy (non-hydrogen) atoms. The lowest BCUT2D eigenvalue weighted by Crippen LogP contribution is -2.06. The number of aryl methyl sites for hydroxylation is 2. The van der Waals surface area contributed by atoms with Gasteiger partial charge in [0.2, 0.25) is 0 Å². The van der Waals surface area contributed by atoms with E-state index in [2.05, 4.69) is 56.4 Å². The Bertz CT molecular complexity index is 1190. The standard InChI is InChI=1S/C20H16N2/c1-10-7-12(3)16-9-17(22-21)18-13(4)8-11(2)15-6-5-14(10)19(16)20(15)18/h5-9,21H,1-2H2,3-4H3. The molecule has 4 aromatic rings. The van der Waals surface area contributed by atoms with E-state index in [4.69, 9.17) is 5.53 Å². The zero-order valence-electron chi connectivity index (χ0n) is 12.7. The van der Waals surface area contributed by atoms with E-state index in [1.165, 1.54) is 21.7 Å². The first kappa shape index (κ1) is 13.0. The lowest BCUT2D eigenvalue weighted by atomic mass is 9.88. The minimum Gasteiger partial charge on any atom is -0.204 e. The highest BCUT2D eigenvalue weighted by atomic mass is 15.0. The predicted molar refractivity (Wildman–Crippen MR) is 94.7 cm³/mol. The Balaban J connectivity index is 2.56. The Morgan fingerprint density at radius 2 is 1.36 bits per heavy atom. The largest absolute Gasteiger partial charge is 0.204 e. The molecule has 0 aliphatic heterocycles. The Hall–Kier alpha value is -2.74. The number of nitrogens with zero attached hydrogens (tertiary/aromatic N) is 1. The van der Waals surface area contributed by atoms with Crippen molar-refractivity contribution in [1.82, 2.24) is 0 Å². The molecular weight excluding hydrogens is 268 g/mol. The van der Waals surface area contributed by atoms with Crippen LogP contribution >= 0.6 is 0 Å². The molecule has 0 unspecified atom stereocenters. The first-order valence-electron chi connectivity index (χ1n) is 7.30. The second kappa shape index (κ2) is 4.14. The van der Waals surface area contributed by atoms with E-state index in [0.717, 1.165) is 37.8 Å². The van der Waals surface area contributed by atoms with E-state index in [0.29, 0.717) is 0 Å². The monoisotopic (exact) mass is 284 g/mol. The number of nitrogens with one attached hydrogen (secondary N) is 1. The highest BCUT2D eigenvalue weighted by Gasteiger charge is 2.15. The smallest absolute Gasteiger partial charge is 0.0937 e. The third kappa shape index (κ3) is 1.44. The highest BCUT2D eigenvalue weighted by Crippen LogP contribution is 2.40. The van der Waals surface area contributed by atoms with Gasteiger partial charge >= 0.3 is 0 Å². The maximum absolute atomic E-state index is 7.59. The summed E-state index contributed by atoms with van der Waals surface area (Å²) >= 11 is 0. The second-order valence-electron chi connectivity index (χ2n) is 6.05. The molecule has 0 bridgehead atoms. The zero-order chi connectivity index (χ0) is 15.6. The number of hydrogen-bond donors (Lipinski definition) is 1. The van der Waals surface area contributed by atoms with Crippen LogP contribution < -0.4 is 10.4 Å². The fourth-order valence-corrected chi connectivity index (χ4v) is 3.71. The van der Waals surface area contributed by atoms with Crippen LogP contribution in [0, 0.1) is 19.4 Å². The van der Waals surface area contributed by atoms with Gasteiger partial charge in [-0.1, -0.05) is 37.4 Å². The molecule has 0 saturated carbocycles. The number of hydrogen-bond acceptors (Lipinski definition) is 2. The van der Waals surface area contributed by atoms with Crippen LogP contribution in [0.3, 0.4) is 0 Å². The maximum atomic E-state index is 7.59. The summed E-state index contributed by atoms with van der Waals surface area (Å²) < 4.78 is 0. The minimum atomic E-state index is 0.724. The molecule has 4 aromatic carbocycles. The van der Waals surface area contributed by atoms with E-state index >= 15 is 0 Å². The van der Waals surface area contributed by atoms with Crippen molar-refractivity contribution >= 4 is 51.2 Å². The summed E-state index contributed by atoms with van der Waals surface area (Å²) in [5.74, 6) is 0. The van der Waals surface area contributed by atoms with Gasteiger partial charge in [0.15, 0.2) is 0 Å². The third-order valence-electron chi connectivity index (χ3n) is 4.67. The minimum absolute atomic E-state index is 0.724. The van der Waals surface area contributed by atoms with Crippen molar-refractivity contribution in [2.24, 2.45) is 5.11 Å². The summed E-state index contributed by atoms with van der Waals surface area (Å²) in [5.41, 5.74) is 10.6. The lowest BCUT2D eigenvalue weighted by Gasteiger charge is -2.16. The van der Waals surface area contributed by atoms with Gasteiger partial charge in [-0.3, -0.25) is 0 Å². The topological polar surface area (TPSA) is 36.2 Å². The van der Waals surface area contributed by atoms with Crippen LogP contribution in [0.15, 0.2) is 35.4 Å². The van der Waals surface area contributed by atoms with Crippen molar-refractivity contribution in [3.8, 4) is 0 Å². The van der Waals surface area contributed by atoms with Crippen molar-refractivity contribution in [1.29, 1.82) is 5.53 Å². The summed E-state index contributed by atoms with van der Waals surface area (Å²) in [7, 11) is 0. The average Bonchev–Trinajstić information content (AvgIpc) is 2.49. The van der Waals surface area contributed by atoms with E-state index in [1.54, 1.807) is 0 Å². The highest BCUT2D eigenvalue weighted by molar-refractivity contribution is 6.26. The molecule has 0 aliphatic rings. The first-order chi connectivity index (χ1) is 10.5. The molecule has 0 amide bonds. The van der Waals surface area contributed by atoms with Crippen molar-refractivity contribution < 1.29 is 0 Å². The van der Waals surface area contributed by atoms with Crippen LogP contribution in [0.5, 0.6) is 0 Å². The van der Waals surface area contributed by atoms with Gasteiger partial charge < -0.3 is 0 Å². The van der Waals surface area contributed by atoms with Gasteiger partial charge in [0.05, 0.1) is 5.69 Å². The molecule has 0 aromatic heterocycles. The van der Waals surface area contributed by atoms with Gasteiger partial charge in [-0.2, -0.15) is 5.11 Å². The van der Waals surface area contributed by atoms with E-state index in [9.17, 15) is 0 Å². The zero-order valence-corrected chi connectivity index (χ0v) is 12.7. The van der Waals surface area contributed by atoms with Crippen LogP contribution in [0.2, 0.25) is 0 Å². The molecule has 106 valence electrons. The molecular formula is C20H16N2. The Morgan fingerprint density at radius 1 is 0.773 bits per heavy atom. The fourth-order valence-electron chi connectivity index (χ4n) is 3.71. The summed E-state index contributed by atoms with van der Waals surface area (Å²) in [4.78, 5) is 0. The van der Waals surface area contributed by atoms with Crippen molar-refractivity contribution in [2.75, 3.05) is 0 Å². The molecule has 0 fully saturated rings. The molecule has 1 N–H and O–H groups in total. The summed E-state index contributed by atoms with van der Waals surface area (Å²) in [6, 6.07) is 10.5. The van der Waals surface area contributed by atoms with Gasteiger partial charge in [-0.25, -0.2) is 5.53 Å². The predicted octanol–water partition coefficient (Wildman–Crippen LogP) is 4.68. The van der Waals surface area contributed by atoms with Gasteiger partial charge in [0, 0.05) is 10.8 Å². The van der Waals surface area contributed by atoms with Crippen LogP contribution in [0.25, 0.3) is 45.5 Å². The van der Waals surface area contributed by atoms with Crippen LogP contribution in [0.1, 0.15) is 11.1 Å². The van der Waals surface area contributed by atoms with Crippen molar-refractivity contribution in [3.05, 3.63) is 51.9 Å². The molecule has 0 spiro atoms. The van der Waals surface area contributed by atoms with Gasteiger partial charge in [-0.15, -0.1) is 0 Å². The Kier molecular flexibility index (Phi) is 2.44. The van der Waals surface area contributed by atoms with Crippen molar-refractivity contribution in [2.45, 2.75) is 13.8 Å². The van der Waals surface area contributed by atoms with Crippen molar-refractivity contribution in [3.63, 3.8) is 0 Å². The van der Waals surface area contributed by atoms with Gasteiger partial charge in [-0.05, 0) is 63.0 Å². The molecule has 0 saturated heterocycles. The van der Waals surface area contributed by atoms with Crippen LogP contribution in [-0.2, 0) is 0 Å². The molecule has 0 aliphatic carbocycles. The lowest BCUT2D eigenvalue weighted by molar-refractivity contribution is 1.16. The fraction of sp³-hybridized carbons (Fsp3) is 0.100. The summed E-state index contributed by atoms with van der Waals surface area (Å²) in [5, 5.41) is 12.7. The first-order valence-corrected chi connectivity index (χ1v) is 7.30. The average molecular weight is 284 g/mol. The molecule has 0 radical (unpaired) electrons. The van der Waals surface area contributed by atoms with E-state index in [1.807, 2.05) is 6.07 Å². The Labute approximate surface area is 128 Å². The maximum Gasteiger partial charge on any atom is 0.0937 e.